The summed E-state index contributed by atoms with van der Waals surface area (Å²) in [5.41, 5.74) is 2.98. The number of rotatable bonds is 5. The predicted molar refractivity (Wildman–Crippen MR) is 109 cm³/mol. The third-order valence-corrected chi connectivity index (χ3v) is 5.05. The number of hydrogen-bond donors (Lipinski definition) is 2. The van der Waals surface area contributed by atoms with Crippen LogP contribution in [-0.4, -0.2) is 35.9 Å². The van der Waals surface area contributed by atoms with Crippen molar-refractivity contribution < 1.29 is 4.79 Å². The summed E-state index contributed by atoms with van der Waals surface area (Å²) in [4.78, 5) is 20.6. The van der Waals surface area contributed by atoms with Crippen molar-refractivity contribution in [3.63, 3.8) is 0 Å². The van der Waals surface area contributed by atoms with Crippen molar-refractivity contribution in [2.45, 2.75) is 12.8 Å². The highest BCUT2D eigenvalue weighted by atomic mass is 35.5. The van der Waals surface area contributed by atoms with Gasteiger partial charge >= 0.3 is 0 Å². The summed E-state index contributed by atoms with van der Waals surface area (Å²) in [5, 5.41) is 15.0. The number of anilines is 1. The Hall–Kier alpha value is -3.52. The molecule has 1 saturated carbocycles. The number of hydrogen-bond acceptors (Lipinski definition) is 5. The van der Waals surface area contributed by atoms with E-state index in [1.54, 1.807) is 16.9 Å². The smallest absolute Gasteiger partial charge is 0.228 e. The van der Waals surface area contributed by atoms with Gasteiger partial charge in [0.2, 0.25) is 5.91 Å². The Morgan fingerprint density at radius 3 is 2.79 bits per heavy atom. The number of nitrogens with one attached hydrogen (secondary N) is 2. The van der Waals surface area contributed by atoms with Crippen molar-refractivity contribution in [3.05, 3.63) is 60.1 Å². The second-order valence-corrected chi connectivity index (χ2v) is 7.22. The van der Waals surface area contributed by atoms with E-state index in [-0.39, 0.29) is 11.8 Å². The summed E-state index contributed by atoms with van der Waals surface area (Å²) < 4.78 is 1.71. The molecule has 8 nitrogen and oxygen atoms in total. The van der Waals surface area contributed by atoms with Crippen LogP contribution in [0.2, 0.25) is 5.02 Å². The Bertz CT molecular complexity index is 1180. The lowest BCUT2D eigenvalue weighted by Crippen LogP contribution is -2.14. The van der Waals surface area contributed by atoms with E-state index in [0.717, 1.165) is 29.7 Å². The molecule has 0 atom stereocenters. The number of aromatic nitrogens is 6. The molecule has 1 aliphatic carbocycles. The summed E-state index contributed by atoms with van der Waals surface area (Å²) >= 11 is 6.41. The van der Waals surface area contributed by atoms with Crippen LogP contribution in [0.25, 0.3) is 28.3 Å². The first-order chi connectivity index (χ1) is 14.2. The summed E-state index contributed by atoms with van der Waals surface area (Å²) in [6, 6.07) is 11.1. The van der Waals surface area contributed by atoms with Crippen molar-refractivity contribution in [1.82, 2.24) is 29.9 Å². The highest BCUT2D eigenvalue weighted by Crippen LogP contribution is 2.34. The van der Waals surface area contributed by atoms with Gasteiger partial charge in [0.05, 0.1) is 16.3 Å². The Labute approximate surface area is 171 Å². The van der Waals surface area contributed by atoms with E-state index in [0.29, 0.717) is 22.4 Å². The van der Waals surface area contributed by atoms with Crippen LogP contribution in [0.15, 0.2) is 55.1 Å². The van der Waals surface area contributed by atoms with Crippen LogP contribution in [0.4, 0.5) is 5.82 Å². The van der Waals surface area contributed by atoms with Crippen molar-refractivity contribution in [2.75, 3.05) is 5.32 Å². The molecule has 0 spiro atoms. The number of benzene rings is 1. The molecule has 0 saturated heterocycles. The lowest BCUT2D eigenvalue weighted by molar-refractivity contribution is -0.117. The molecular weight excluding hydrogens is 390 g/mol. The van der Waals surface area contributed by atoms with Gasteiger partial charge in [0.25, 0.3) is 0 Å². The first-order valence-corrected chi connectivity index (χ1v) is 9.54. The molecule has 0 bridgehead atoms. The summed E-state index contributed by atoms with van der Waals surface area (Å²) in [6.07, 6.45) is 6.81. The number of nitrogens with zero attached hydrogens (tertiary/aromatic N) is 5. The molecule has 0 unspecified atom stereocenters. The maximum atomic E-state index is 12.1. The van der Waals surface area contributed by atoms with Crippen LogP contribution in [0.3, 0.4) is 0 Å². The number of halogens is 1. The molecule has 9 heteroatoms. The Morgan fingerprint density at radius 1 is 1.17 bits per heavy atom. The molecular formula is C20H16ClN7O. The third kappa shape index (κ3) is 3.50. The van der Waals surface area contributed by atoms with Gasteiger partial charge in [-0.3, -0.25) is 9.89 Å². The molecule has 5 rings (SSSR count). The maximum absolute atomic E-state index is 12.1. The first-order valence-electron chi connectivity index (χ1n) is 9.16. The van der Waals surface area contributed by atoms with Crippen LogP contribution in [-0.2, 0) is 4.79 Å². The average molecular weight is 406 g/mol. The molecule has 0 aliphatic heterocycles. The van der Waals surface area contributed by atoms with E-state index < -0.39 is 0 Å². The lowest BCUT2D eigenvalue weighted by atomic mass is 10.1. The Kier molecular flexibility index (Phi) is 4.33. The Balaban J connectivity index is 1.57. The molecule has 144 valence electrons. The van der Waals surface area contributed by atoms with Gasteiger partial charge in [0.1, 0.15) is 17.8 Å². The zero-order chi connectivity index (χ0) is 19.8. The fraction of sp³-hybridized carbons (Fsp3) is 0.150. The number of carbonyl (C=O) groups excluding carboxylic acids is 1. The van der Waals surface area contributed by atoms with E-state index in [1.165, 1.54) is 6.33 Å². The highest BCUT2D eigenvalue weighted by molar-refractivity contribution is 6.33. The van der Waals surface area contributed by atoms with Crippen molar-refractivity contribution in [2.24, 2.45) is 5.92 Å². The second kappa shape index (κ2) is 7.14. The van der Waals surface area contributed by atoms with E-state index in [1.807, 2.05) is 36.5 Å². The van der Waals surface area contributed by atoms with Crippen molar-refractivity contribution in [3.8, 4) is 28.3 Å². The zero-order valence-corrected chi connectivity index (χ0v) is 16.0. The SMILES string of the molecule is O=C(Nc1cc(-n2cc(-c3ncn[nH]3)c(-c3ccccc3Cl)n2)ccn1)C1CC1. The van der Waals surface area contributed by atoms with E-state index in [2.05, 4.69) is 25.5 Å². The van der Waals surface area contributed by atoms with Crippen LogP contribution in [0.1, 0.15) is 12.8 Å². The molecule has 2 N–H and O–H groups in total. The highest BCUT2D eigenvalue weighted by Gasteiger charge is 2.29. The molecule has 0 radical (unpaired) electrons. The van der Waals surface area contributed by atoms with Gasteiger partial charge in [-0.05, 0) is 25.0 Å². The standard InChI is InChI=1S/C20H16ClN7O/c21-16-4-2-1-3-14(16)18-15(19-23-11-24-26-19)10-28(27-18)13-7-8-22-17(9-13)25-20(29)12-5-6-12/h1-4,7-12H,5-6H2,(H,22,25,29)(H,23,24,26). The van der Waals surface area contributed by atoms with Gasteiger partial charge in [-0.25, -0.2) is 14.6 Å². The molecule has 3 aromatic heterocycles. The average Bonchev–Trinajstić information content (AvgIpc) is 3.27. The molecule has 1 aliphatic rings. The fourth-order valence-corrected chi connectivity index (χ4v) is 3.30. The molecule has 1 amide bonds. The summed E-state index contributed by atoms with van der Waals surface area (Å²) in [6.45, 7) is 0. The van der Waals surface area contributed by atoms with Gasteiger partial charge in [-0.2, -0.15) is 10.2 Å². The van der Waals surface area contributed by atoms with Crippen molar-refractivity contribution >= 4 is 23.3 Å². The van der Waals surface area contributed by atoms with Crippen LogP contribution in [0.5, 0.6) is 0 Å². The van der Waals surface area contributed by atoms with E-state index in [4.69, 9.17) is 16.7 Å². The quantitative estimate of drug-likeness (QED) is 0.527. The normalized spacial score (nSPS) is 13.4. The number of pyridine rings is 1. The fourth-order valence-electron chi connectivity index (χ4n) is 3.07. The van der Waals surface area contributed by atoms with Gasteiger partial charge in [0, 0.05) is 29.9 Å². The molecule has 4 aromatic rings. The van der Waals surface area contributed by atoms with Gasteiger partial charge in [-0.1, -0.05) is 29.8 Å². The van der Waals surface area contributed by atoms with Gasteiger partial charge in [-0.15, -0.1) is 0 Å². The topological polar surface area (TPSA) is 101 Å². The molecule has 1 fully saturated rings. The van der Waals surface area contributed by atoms with Gasteiger partial charge < -0.3 is 5.32 Å². The monoisotopic (exact) mass is 405 g/mol. The molecule has 1 aromatic carbocycles. The number of amides is 1. The lowest BCUT2D eigenvalue weighted by Gasteiger charge is -2.06. The molecule has 3 heterocycles. The minimum atomic E-state index is 0.00854. The van der Waals surface area contributed by atoms with Crippen LogP contribution >= 0.6 is 11.6 Å². The predicted octanol–water partition coefficient (Wildman–Crippen LogP) is 3.72. The minimum Gasteiger partial charge on any atom is -0.310 e. The zero-order valence-electron chi connectivity index (χ0n) is 15.2. The minimum absolute atomic E-state index is 0.00854. The summed E-state index contributed by atoms with van der Waals surface area (Å²) in [7, 11) is 0. The van der Waals surface area contributed by atoms with Crippen LogP contribution in [0, 0.1) is 5.92 Å². The number of carbonyl (C=O) groups is 1. The van der Waals surface area contributed by atoms with Crippen molar-refractivity contribution in [1.29, 1.82) is 0 Å². The first kappa shape index (κ1) is 17.6. The third-order valence-electron chi connectivity index (χ3n) is 4.72. The summed E-state index contributed by atoms with van der Waals surface area (Å²) in [5.74, 6) is 1.20. The number of aromatic amines is 1. The Morgan fingerprint density at radius 2 is 2.03 bits per heavy atom. The maximum Gasteiger partial charge on any atom is 0.228 e. The number of H-pyrrole nitrogens is 1. The molecule has 29 heavy (non-hydrogen) atoms. The second-order valence-electron chi connectivity index (χ2n) is 6.81. The van der Waals surface area contributed by atoms with Gasteiger partial charge in [0.15, 0.2) is 5.82 Å². The van der Waals surface area contributed by atoms with E-state index >= 15 is 0 Å². The van der Waals surface area contributed by atoms with Crippen LogP contribution < -0.4 is 5.32 Å². The van der Waals surface area contributed by atoms with E-state index in [9.17, 15) is 4.79 Å². The largest absolute Gasteiger partial charge is 0.310 e.